The number of cyclic esters (lactones) is 1. The third-order valence-electron chi connectivity index (χ3n) is 10.8. The van der Waals surface area contributed by atoms with Crippen LogP contribution in [0, 0.1) is 12.8 Å². The molecule has 0 aliphatic carbocycles. The quantitative estimate of drug-likeness (QED) is 0.0573. The number of aryl methyl sites for hydroxylation is 1. The van der Waals surface area contributed by atoms with Crippen molar-refractivity contribution >= 4 is 58.5 Å². The number of carbonyl (C=O) groups is 7. The Morgan fingerprint density at radius 3 is 2.04 bits per heavy atom. The first-order valence-electron chi connectivity index (χ1n) is 21.2. The van der Waals surface area contributed by atoms with Crippen LogP contribution in [0.15, 0.2) is 77.3 Å². The number of hydrogen-bond acceptors (Lipinski definition) is 18. The zero-order valence-corrected chi connectivity index (χ0v) is 38.9. The number of thiazole rings is 1. The summed E-state index contributed by atoms with van der Waals surface area (Å²) in [4.78, 5) is 119. The van der Waals surface area contributed by atoms with E-state index in [1.165, 1.54) is 52.0 Å². The first kappa shape index (κ1) is 46.5. The number of rotatable bonds is 12. The molecule has 2 fully saturated rings. The molecule has 0 spiro atoms. The molecule has 0 N–H and O–H groups in total. The van der Waals surface area contributed by atoms with Crippen LogP contribution in [0.4, 0.5) is 0 Å². The lowest BCUT2D eigenvalue weighted by molar-refractivity contribution is -0.263. The van der Waals surface area contributed by atoms with Gasteiger partial charge in [-0.1, -0.05) is 65.8 Å². The topological polar surface area (TPSA) is 229 Å². The highest BCUT2D eigenvalue weighted by atomic mass is 32.1. The molecule has 0 saturated carbocycles. The summed E-state index contributed by atoms with van der Waals surface area (Å²) in [6, 6.07) is 17.6. The van der Waals surface area contributed by atoms with Gasteiger partial charge in [0.25, 0.3) is 23.6 Å². The van der Waals surface area contributed by atoms with Crippen LogP contribution in [0.5, 0.6) is 11.6 Å². The SMILES string of the molecule is Cc1nc(/C(=N/OC(C)(C)C(=O)OC(C)(C)C)C(=O)C[C@H]2CON(C3(C(=O)OC(C)(C)C)C[C@H](N4C(=O)c5cc6c(nc5C4=O)OC(c4ccccc4)(c4ccccc4)O6)C(=O)O3)C2=O)cs1. The van der Waals surface area contributed by atoms with E-state index >= 15 is 0 Å². The van der Waals surface area contributed by atoms with Gasteiger partial charge in [0.2, 0.25) is 5.60 Å². The largest absolute Gasteiger partial charge is 0.457 e. The van der Waals surface area contributed by atoms with E-state index in [1.54, 1.807) is 81.6 Å². The number of imide groups is 1. The first-order chi connectivity index (χ1) is 31.4. The lowest BCUT2D eigenvalue weighted by Crippen LogP contribution is -2.57. The van der Waals surface area contributed by atoms with Gasteiger partial charge in [-0.05, 0) is 62.3 Å². The van der Waals surface area contributed by atoms with Crippen molar-refractivity contribution < 1.29 is 66.9 Å². The predicted molar refractivity (Wildman–Crippen MR) is 233 cm³/mol. The third-order valence-corrected chi connectivity index (χ3v) is 11.5. The summed E-state index contributed by atoms with van der Waals surface area (Å²) in [5.41, 5.74) is -5.94. The van der Waals surface area contributed by atoms with E-state index < -0.39 is 101 Å². The van der Waals surface area contributed by atoms with Gasteiger partial charge in [0.1, 0.15) is 28.6 Å². The molecule has 20 heteroatoms. The fourth-order valence-electron chi connectivity index (χ4n) is 7.63. The number of ether oxygens (including phenoxy) is 5. The number of hydroxylamine groups is 2. The predicted octanol–water partition coefficient (Wildman–Crippen LogP) is 5.36. The first-order valence-corrected chi connectivity index (χ1v) is 22.1. The maximum Gasteiger partial charge on any atom is 0.375 e. The standard InChI is InChI=1S/C47H47N5O14S/c1-25-48-30(24-67-25)35(50-66-45(8,9)41(58)64-43(2,3)4)32(53)20-26-23-60-52(37(26)54)46(42(59)65-44(5,6)7)22-31(40(57)63-46)51-38(55)29-21-33-36(49-34(29)39(51)56)62-47(61-33,27-16-12-10-13-17-27)28-18-14-11-15-19-28/h10-19,21,24,26,31H,20,22-23H2,1-9H3/b50-35-/t26-,31-,46?/m0/s1. The average molecular weight is 938 g/mol. The summed E-state index contributed by atoms with van der Waals surface area (Å²) in [6.07, 6.45) is -1.38. The zero-order chi connectivity index (χ0) is 48.4. The number of pyridine rings is 1. The molecular formula is C47H47N5O14S. The van der Waals surface area contributed by atoms with Crippen LogP contribution in [0.3, 0.4) is 0 Å². The second kappa shape index (κ2) is 16.7. The van der Waals surface area contributed by atoms with Crippen LogP contribution in [-0.2, 0) is 53.6 Å². The highest BCUT2D eigenvalue weighted by Gasteiger charge is 2.66. The number of esters is 3. The van der Waals surface area contributed by atoms with Crippen molar-refractivity contribution in [2.75, 3.05) is 6.61 Å². The number of aromatic nitrogens is 2. The number of Topliss-reactive ketones (excluding diaryl/α,β-unsaturated/α-hetero) is 1. The Morgan fingerprint density at radius 2 is 1.46 bits per heavy atom. The summed E-state index contributed by atoms with van der Waals surface area (Å²) in [5.74, 6) is -9.79. The number of nitrogens with zero attached hydrogens (tertiary/aromatic N) is 5. The number of hydrogen-bond donors (Lipinski definition) is 0. The number of ketones is 1. The monoisotopic (exact) mass is 937 g/mol. The van der Waals surface area contributed by atoms with Crippen LogP contribution >= 0.6 is 11.3 Å². The van der Waals surface area contributed by atoms with Gasteiger partial charge in [-0.25, -0.2) is 24.4 Å². The van der Waals surface area contributed by atoms with Gasteiger partial charge in [-0.2, -0.15) is 5.06 Å². The van der Waals surface area contributed by atoms with Crippen molar-refractivity contribution in [2.24, 2.45) is 11.1 Å². The molecule has 67 heavy (non-hydrogen) atoms. The molecule has 2 aromatic heterocycles. The normalized spacial score (nSPS) is 21.4. The van der Waals surface area contributed by atoms with Crippen LogP contribution < -0.4 is 9.47 Å². The molecule has 0 bridgehead atoms. The van der Waals surface area contributed by atoms with Gasteiger partial charge in [0, 0.05) is 29.0 Å². The second-order valence-electron chi connectivity index (χ2n) is 18.7. The molecule has 0 radical (unpaired) electrons. The Hall–Kier alpha value is -7.06. The Kier molecular flexibility index (Phi) is 11.6. The lowest BCUT2D eigenvalue weighted by atomic mass is 9.97. The fraction of sp³-hybridized carbons (Fsp3) is 0.404. The van der Waals surface area contributed by atoms with Crippen molar-refractivity contribution in [1.29, 1.82) is 0 Å². The van der Waals surface area contributed by atoms with E-state index in [4.69, 9.17) is 33.4 Å². The maximum atomic E-state index is 14.3. The van der Waals surface area contributed by atoms with Gasteiger partial charge in [0.15, 0.2) is 17.2 Å². The minimum absolute atomic E-state index is 0.0413. The van der Waals surface area contributed by atoms with Gasteiger partial charge >= 0.3 is 29.4 Å². The number of amides is 3. The van der Waals surface area contributed by atoms with Gasteiger partial charge < -0.3 is 28.5 Å². The van der Waals surface area contributed by atoms with Crippen LogP contribution in [0.2, 0.25) is 0 Å². The number of oxime groups is 1. The van der Waals surface area contributed by atoms with Crippen molar-refractivity contribution in [3.8, 4) is 11.6 Å². The van der Waals surface area contributed by atoms with E-state index in [0.29, 0.717) is 26.1 Å². The average Bonchev–Trinajstić information content (AvgIpc) is 4.07. The van der Waals surface area contributed by atoms with Crippen LogP contribution in [-0.4, -0.2) is 102 Å². The molecule has 3 atom stereocenters. The molecule has 8 rings (SSSR count). The molecule has 4 aliphatic heterocycles. The Bertz CT molecular complexity index is 2660. The highest BCUT2D eigenvalue weighted by Crippen LogP contribution is 2.49. The number of carbonyl (C=O) groups excluding carboxylic acids is 7. The maximum absolute atomic E-state index is 14.3. The third kappa shape index (κ3) is 8.61. The molecular weight excluding hydrogens is 891 g/mol. The van der Waals surface area contributed by atoms with Crippen molar-refractivity contribution in [2.45, 2.75) is 110 Å². The summed E-state index contributed by atoms with van der Waals surface area (Å²) >= 11 is 1.22. The molecule has 3 amide bonds. The molecule has 19 nitrogen and oxygen atoms in total. The van der Waals surface area contributed by atoms with E-state index in [9.17, 15) is 33.6 Å². The minimum Gasteiger partial charge on any atom is -0.457 e. The van der Waals surface area contributed by atoms with Gasteiger partial charge in [-0.15, -0.1) is 11.3 Å². The molecule has 6 heterocycles. The summed E-state index contributed by atoms with van der Waals surface area (Å²) in [6.45, 7) is 13.7. The molecule has 350 valence electrons. The highest BCUT2D eigenvalue weighted by molar-refractivity contribution is 7.09. The molecule has 1 unspecified atom stereocenters. The molecule has 2 saturated heterocycles. The second-order valence-corrected chi connectivity index (χ2v) is 19.8. The fourth-order valence-corrected chi connectivity index (χ4v) is 8.23. The van der Waals surface area contributed by atoms with Crippen LogP contribution in [0.1, 0.15) is 111 Å². The smallest absolute Gasteiger partial charge is 0.375 e. The minimum atomic E-state index is -2.67. The van der Waals surface area contributed by atoms with E-state index in [-0.39, 0.29) is 34.3 Å². The summed E-state index contributed by atoms with van der Waals surface area (Å²) < 4.78 is 29.7. The van der Waals surface area contributed by atoms with Crippen molar-refractivity contribution in [1.82, 2.24) is 19.9 Å². The van der Waals surface area contributed by atoms with Crippen LogP contribution in [0.25, 0.3) is 0 Å². The van der Waals surface area contributed by atoms with E-state index in [2.05, 4.69) is 15.1 Å². The summed E-state index contributed by atoms with van der Waals surface area (Å²) in [5, 5.41) is 6.69. The Labute approximate surface area is 388 Å². The Morgan fingerprint density at radius 1 is 0.836 bits per heavy atom. The van der Waals surface area contributed by atoms with E-state index in [1.807, 2.05) is 12.1 Å². The van der Waals surface area contributed by atoms with Gasteiger partial charge in [-0.3, -0.25) is 28.9 Å². The van der Waals surface area contributed by atoms with E-state index in [0.717, 1.165) is 0 Å². The zero-order valence-electron chi connectivity index (χ0n) is 38.1. The molecule has 4 aliphatic rings. The number of benzene rings is 2. The molecule has 4 aromatic rings. The molecule has 2 aromatic carbocycles. The number of fused-ring (bicyclic) bond motifs is 2. The van der Waals surface area contributed by atoms with Crippen molar-refractivity contribution in [3.05, 3.63) is 105 Å². The summed E-state index contributed by atoms with van der Waals surface area (Å²) in [7, 11) is 0. The van der Waals surface area contributed by atoms with Crippen molar-refractivity contribution in [3.63, 3.8) is 0 Å². The lowest BCUT2D eigenvalue weighted by Gasteiger charge is -2.35. The Balaban J connectivity index is 1.05. The van der Waals surface area contributed by atoms with Gasteiger partial charge in [0.05, 0.1) is 29.5 Å².